The Labute approximate surface area is 111 Å². The quantitative estimate of drug-likeness (QED) is 0.373. The Morgan fingerprint density at radius 2 is 2.16 bits per heavy atom. The predicted octanol–water partition coefficient (Wildman–Crippen LogP) is -0.786. The fourth-order valence-corrected chi connectivity index (χ4v) is 1.92. The van der Waals surface area contributed by atoms with Gasteiger partial charge < -0.3 is 29.2 Å². The molecule has 0 aromatic carbocycles. The largest absolute Gasteiger partial charge is 0.467 e. The van der Waals surface area contributed by atoms with E-state index < -0.39 is 36.5 Å². The molecule has 1 rings (SSSR count). The van der Waals surface area contributed by atoms with E-state index >= 15 is 0 Å². The lowest BCUT2D eigenvalue weighted by Crippen LogP contribution is -2.45. The summed E-state index contributed by atoms with van der Waals surface area (Å²) in [6, 6.07) is 0. The zero-order valence-corrected chi connectivity index (χ0v) is 11.2. The van der Waals surface area contributed by atoms with Crippen molar-refractivity contribution in [2.75, 3.05) is 21.0 Å². The van der Waals surface area contributed by atoms with Gasteiger partial charge in [0.2, 0.25) is 0 Å². The molecule has 0 aromatic rings. The number of hydrogen-bond donors (Lipinski definition) is 2. The minimum absolute atomic E-state index is 0.0853. The molecule has 1 fully saturated rings. The number of carbonyl (C=O) groups is 1. The first-order chi connectivity index (χ1) is 9.06. The van der Waals surface area contributed by atoms with Gasteiger partial charge in [0, 0.05) is 7.11 Å². The highest BCUT2D eigenvalue weighted by Gasteiger charge is 2.49. The Balaban J connectivity index is 2.82. The fraction of sp³-hybridized carbons (Fsp3) is 0.750. The summed E-state index contributed by atoms with van der Waals surface area (Å²) < 4.78 is 19.9. The average Bonchev–Trinajstić information content (AvgIpc) is 2.72. The molecule has 1 saturated heterocycles. The van der Waals surface area contributed by atoms with Crippen molar-refractivity contribution in [3.05, 3.63) is 12.2 Å². The molecule has 0 spiro atoms. The van der Waals surface area contributed by atoms with Crippen molar-refractivity contribution in [3.8, 4) is 0 Å². The van der Waals surface area contributed by atoms with Crippen LogP contribution in [0.5, 0.6) is 0 Å². The summed E-state index contributed by atoms with van der Waals surface area (Å²) >= 11 is 0. The monoisotopic (exact) mass is 276 g/mol. The first kappa shape index (κ1) is 16.1. The SMILES string of the molecule is C/C=C/[C@H]1O[C@@H](C(O)C(=O)OC)[C@H](OCOC)[C@H]1O. The van der Waals surface area contributed by atoms with Gasteiger partial charge in [-0.3, -0.25) is 0 Å². The van der Waals surface area contributed by atoms with E-state index in [0.29, 0.717) is 0 Å². The van der Waals surface area contributed by atoms with E-state index in [1.54, 1.807) is 19.1 Å². The van der Waals surface area contributed by atoms with E-state index in [1.165, 1.54) is 7.11 Å². The highest BCUT2D eigenvalue weighted by molar-refractivity contribution is 5.75. The van der Waals surface area contributed by atoms with E-state index in [9.17, 15) is 15.0 Å². The Kier molecular flexibility index (Phi) is 6.40. The molecule has 1 heterocycles. The van der Waals surface area contributed by atoms with Crippen LogP contribution in [0.4, 0.5) is 0 Å². The van der Waals surface area contributed by atoms with Crippen molar-refractivity contribution in [1.82, 2.24) is 0 Å². The second-order valence-corrected chi connectivity index (χ2v) is 4.09. The molecule has 1 unspecified atom stereocenters. The molecule has 1 aliphatic rings. The molecule has 5 atom stereocenters. The van der Waals surface area contributed by atoms with E-state index in [4.69, 9.17) is 14.2 Å². The van der Waals surface area contributed by atoms with Crippen molar-refractivity contribution < 1.29 is 34.0 Å². The summed E-state index contributed by atoms with van der Waals surface area (Å²) in [7, 11) is 2.59. The Morgan fingerprint density at radius 1 is 1.47 bits per heavy atom. The molecule has 110 valence electrons. The zero-order valence-electron chi connectivity index (χ0n) is 11.2. The topological polar surface area (TPSA) is 94.5 Å². The smallest absolute Gasteiger partial charge is 0.337 e. The number of ether oxygens (including phenoxy) is 4. The van der Waals surface area contributed by atoms with Crippen LogP contribution in [0.1, 0.15) is 6.92 Å². The number of aliphatic hydroxyl groups is 2. The molecular weight excluding hydrogens is 256 g/mol. The summed E-state index contributed by atoms with van der Waals surface area (Å²) in [5.74, 6) is -0.843. The normalized spacial score (nSPS) is 32.7. The lowest BCUT2D eigenvalue weighted by molar-refractivity contribution is -0.169. The average molecular weight is 276 g/mol. The number of carbonyl (C=O) groups excluding carboxylic acids is 1. The Bertz CT molecular complexity index is 317. The summed E-state index contributed by atoms with van der Waals surface area (Å²) in [6.45, 7) is 1.68. The number of esters is 1. The maximum absolute atomic E-state index is 11.4. The van der Waals surface area contributed by atoms with Crippen LogP contribution < -0.4 is 0 Å². The van der Waals surface area contributed by atoms with Crippen molar-refractivity contribution in [2.24, 2.45) is 0 Å². The first-order valence-electron chi connectivity index (χ1n) is 5.89. The third-order valence-corrected chi connectivity index (χ3v) is 2.83. The minimum Gasteiger partial charge on any atom is -0.467 e. The molecule has 7 nitrogen and oxygen atoms in total. The van der Waals surface area contributed by atoms with Crippen LogP contribution >= 0.6 is 0 Å². The maximum atomic E-state index is 11.4. The second kappa shape index (κ2) is 7.56. The van der Waals surface area contributed by atoms with Crippen LogP contribution in [-0.2, 0) is 23.7 Å². The molecule has 19 heavy (non-hydrogen) atoms. The number of hydrogen-bond acceptors (Lipinski definition) is 7. The number of methoxy groups -OCH3 is 2. The zero-order chi connectivity index (χ0) is 14.4. The third-order valence-electron chi connectivity index (χ3n) is 2.83. The predicted molar refractivity (Wildman–Crippen MR) is 64.3 cm³/mol. The van der Waals surface area contributed by atoms with Crippen LogP contribution in [0.3, 0.4) is 0 Å². The molecule has 7 heteroatoms. The molecular formula is C12H20O7. The molecule has 0 bridgehead atoms. The van der Waals surface area contributed by atoms with Gasteiger partial charge in [-0.2, -0.15) is 0 Å². The van der Waals surface area contributed by atoms with Gasteiger partial charge in [-0.1, -0.05) is 12.2 Å². The Morgan fingerprint density at radius 3 is 2.68 bits per heavy atom. The lowest BCUT2D eigenvalue weighted by Gasteiger charge is -2.22. The fourth-order valence-electron chi connectivity index (χ4n) is 1.92. The second-order valence-electron chi connectivity index (χ2n) is 4.09. The maximum Gasteiger partial charge on any atom is 0.337 e. The molecule has 2 N–H and O–H groups in total. The van der Waals surface area contributed by atoms with Gasteiger partial charge in [0.05, 0.1) is 7.11 Å². The molecule has 0 aliphatic carbocycles. The van der Waals surface area contributed by atoms with E-state index in [-0.39, 0.29) is 6.79 Å². The third kappa shape index (κ3) is 3.74. The van der Waals surface area contributed by atoms with Crippen LogP contribution in [0.25, 0.3) is 0 Å². The highest BCUT2D eigenvalue weighted by atomic mass is 16.7. The van der Waals surface area contributed by atoms with Crippen molar-refractivity contribution in [2.45, 2.75) is 37.4 Å². The van der Waals surface area contributed by atoms with Crippen molar-refractivity contribution in [3.63, 3.8) is 0 Å². The molecule has 0 radical (unpaired) electrons. The van der Waals surface area contributed by atoms with Gasteiger partial charge in [0.15, 0.2) is 6.10 Å². The van der Waals surface area contributed by atoms with E-state index in [2.05, 4.69) is 4.74 Å². The molecule has 0 saturated carbocycles. The summed E-state index contributed by atoms with van der Waals surface area (Å²) in [5, 5.41) is 19.9. The molecule has 1 aliphatic heterocycles. The summed E-state index contributed by atoms with van der Waals surface area (Å²) in [4.78, 5) is 11.4. The summed E-state index contributed by atoms with van der Waals surface area (Å²) in [5.41, 5.74) is 0. The van der Waals surface area contributed by atoms with Crippen LogP contribution in [0.2, 0.25) is 0 Å². The van der Waals surface area contributed by atoms with Gasteiger partial charge in [-0.05, 0) is 6.92 Å². The van der Waals surface area contributed by atoms with Gasteiger partial charge in [-0.25, -0.2) is 4.79 Å². The van der Waals surface area contributed by atoms with E-state index in [1.807, 2.05) is 0 Å². The van der Waals surface area contributed by atoms with Crippen LogP contribution in [0.15, 0.2) is 12.2 Å². The van der Waals surface area contributed by atoms with Crippen molar-refractivity contribution >= 4 is 5.97 Å². The Hall–Kier alpha value is -0.990. The minimum atomic E-state index is -1.53. The first-order valence-corrected chi connectivity index (χ1v) is 5.89. The molecule has 0 aromatic heterocycles. The highest BCUT2D eigenvalue weighted by Crippen LogP contribution is 2.27. The number of allylic oxidation sites excluding steroid dienone is 1. The molecule has 0 amide bonds. The van der Waals surface area contributed by atoms with Gasteiger partial charge >= 0.3 is 5.97 Å². The van der Waals surface area contributed by atoms with Crippen molar-refractivity contribution in [1.29, 1.82) is 0 Å². The van der Waals surface area contributed by atoms with Crippen LogP contribution in [0, 0.1) is 0 Å². The number of rotatable bonds is 6. The van der Waals surface area contributed by atoms with Gasteiger partial charge in [0.25, 0.3) is 0 Å². The number of aliphatic hydroxyl groups excluding tert-OH is 2. The van der Waals surface area contributed by atoms with Crippen LogP contribution in [-0.4, -0.2) is 67.7 Å². The van der Waals surface area contributed by atoms with Gasteiger partial charge in [0.1, 0.15) is 31.2 Å². The van der Waals surface area contributed by atoms with Gasteiger partial charge in [-0.15, -0.1) is 0 Å². The summed E-state index contributed by atoms with van der Waals surface area (Å²) in [6.07, 6.45) is -1.76. The standard InChI is InChI=1S/C12H20O7/c1-4-5-7-8(13)10(18-6-16-2)11(19-7)9(14)12(15)17-3/h4-5,7-11,13-14H,6H2,1-3H3/b5-4+/t7-,8+,9?,10-,11+/m1/s1. The van der Waals surface area contributed by atoms with E-state index in [0.717, 1.165) is 7.11 Å². The lowest BCUT2D eigenvalue weighted by atomic mass is 10.0.